The maximum atomic E-state index is 9.32. The number of hydrogen-bond donors (Lipinski definition) is 1. The van der Waals surface area contributed by atoms with Crippen molar-refractivity contribution in [2.75, 3.05) is 0 Å². The molecule has 1 N–H and O–H groups in total. The van der Waals surface area contributed by atoms with Crippen molar-refractivity contribution in [2.45, 2.75) is 32.6 Å². The first-order valence-corrected chi connectivity index (χ1v) is 7.19. The molecule has 0 amide bonds. The highest BCUT2D eigenvalue weighted by Crippen LogP contribution is 2.33. The van der Waals surface area contributed by atoms with Crippen LogP contribution in [-0.4, -0.2) is 5.11 Å². The van der Waals surface area contributed by atoms with E-state index in [4.69, 9.17) is 4.74 Å². The molecule has 2 rings (SSSR count). The van der Waals surface area contributed by atoms with Crippen LogP contribution in [0.3, 0.4) is 0 Å². The molecule has 0 spiro atoms. The molecule has 0 aliphatic carbocycles. The van der Waals surface area contributed by atoms with Crippen LogP contribution in [0, 0.1) is 0 Å². The van der Waals surface area contributed by atoms with E-state index in [2.05, 4.69) is 39.5 Å². The predicted molar refractivity (Wildman–Crippen MR) is 88.0 cm³/mol. The lowest BCUT2D eigenvalue weighted by Crippen LogP contribution is -2.15. The van der Waals surface area contributed by atoms with E-state index in [1.807, 2.05) is 12.1 Å². The zero-order valence-corrected chi connectivity index (χ0v) is 12.9. The highest BCUT2D eigenvalue weighted by Gasteiger charge is 2.19. The molecule has 0 saturated carbocycles. The van der Waals surface area contributed by atoms with Crippen molar-refractivity contribution in [3.8, 4) is 17.2 Å². The second kappa shape index (κ2) is 6.04. The van der Waals surface area contributed by atoms with Gasteiger partial charge in [-0.05, 0) is 59.4 Å². The largest absolute Gasteiger partial charge is 0.508 e. The van der Waals surface area contributed by atoms with Gasteiger partial charge in [0.1, 0.15) is 17.2 Å². The SMILES string of the molecule is C=Cc1cc(Oc2ccc(O)cc2)cc(C(C)(C)CC)c1. The fourth-order valence-corrected chi connectivity index (χ4v) is 2.04. The van der Waals surface area contributed by atoms with Crippen molar-refractivity contribution in [3.05, 3.63) is 60.2 Å². The van der Waals surface area contributed by atoms with Gasteiger partial charge in [-0.3, -0.25) is 0 Å². The monoisotopic (exact) mass is 282 g/mol. The number of hydrogen-bond acceptors (Lipinski definition) is 2. The highest BCUT2D eigenvalue weighted by molar-refractivity contribution is 5.53. The third-order valence-corrected chi connectivity index (χ3v) is 3.90. The van der Waals surface area contributed by atoms with Crippen molar-refractivity contribution in [2.24, 2.45) is 0 Å². The summed E-state index contributed by atoms with van der Waals surface area (Å²) in [5.41, 5.74) is 2.37. The van der Waals surface area contributed by atoms with Crippen LogP contribution in [-0.2, 0) is 5.41 Å². The van der Waals surface area contributed by atoms with Gasteiger partial charge >= 0.3 is 0 Å². The van der Waals surface area contributed by atoms with E-state index < -0.39 is 0 Å². The molecule has 2 nitrogen and oxygen atoms in total. The first kappa shape index (κ1) is 15.2. The average molecular weight is 282 g/mol. The van der Waals surface area contributed by atoms with E-state index in [0.29, 0.717) is 5.75 Å². The van der Waals surface area contributed by atoms with Gasteiger partial charge in [-0.1, -0.05) is 39.5 Å². The van der Waals surface area contributed by atoms with Gasteiger partial charge < -0.3 is 9.84 Å². The summed E-state index contributed by atoms with van der Waals surface area (Å²) in [5, 5.41) is 9.32. The Hall–Kier alpha value is -2.22. The molecule has 0 radical (unpaired) electrons. The third-order valence-electron chi connectivity index (χ3n) is 3.90. The molecule has 0 unspecified atom stereocenters. The Morgan fingerprint density at radius 3 is 2.33 bits per heavy atom. The lowest BCUT2D eigenvalue weighted by atomic mass is 9.81. The Balaban J connectivity index is 2.37. The van der Waals surface area contributed by atoms with Gasteiger partial charge in [-0.15, -0.1) is 0 Å². The molecular weight excluding hydrogens is 260 g/mol. The topological polar surface area (TPSA) is 29.5 Å². The molecule has 0 saturated heterocycles. The van der Waals surface area contributed by atoms with Crippen LogP contribution >= 0.6 is 0 Å². The Bertz CT molecular complexity index is 625. The van der Waals surface area contributed by atoms with Gasteiger partial charge in [0.2, 0.25) is 0 Å². The highest BCUT2D eigenvalue weighted by atomic mass is 16.5. The van der Waals surface area contributed by atoms with Crippen molar-refractivity contribution >= 4 is 6.08 Å². The summed E-state index contributed by atoms with van der Waals surface area (Å²) in [4.78, 5) is 0. The number of benzene rings is 2. The molecule has 0 fully saturated rings. The first-order chi connectivity index (χ1) is 9.94. The maximum Gasteiger partial charge on any atom is 0.128 e. The average Bonchev–Trinajstić information content (AvgIpc) is 2.49. The van der Waals surface area contributed by atoms with Gasteiger partial charge in [0.15, 0.2) is 0 Å². The van der Waals surface area contributed by atoms with Crippen LogP contribution in [0.2, 0.25) is 0 Å². The minimum Gasteiger partial charge on any atom is -0.508 e. The molecule has 0 atom stereocenters. The summed E-state index contributed by atoms with van der Waals surface area (Å²) >= 11 is 0. The Labute approximate surface area is 126 Å². The normalized spacial score (nSPS) is 11.2. The first-order valence-electron chi connectivity index (χ1n) is 7.19. The third kappa shape index (κ3) is 3.66. The molecule has 0 heterocycles. The number of phenols is 1. The van der Waals surface area contributed by atoms with E-state index in [-0.39, 0.29) is 11.2 Å². The fourth-order valence-electron chi connectivity index (χ4n) is 2.04. The van der Waals surface area contributed by atoms with E-state index >= 15 is 0 Å². The van der Waals surface area contributed by atoms with Gasteiger partial charge in [-0.2, -0.15) is 0 Å². The molecule has 2 aromatic carbocycles. The molecule has 2 heteroatoms. The minimum atomic E-state index is 0.0894. The van der Waals surface area contributed by atoms with Gasteiger partial charge in [0.05, 0.1) is 0 Å². The van der Waals surface area contributed by atoms with Gasteiger partial charge in [0.25, 0.3) is 0 Å². The van der Waals surface area contributed by atoms with Crippen molar-refractivity contribution in [1.82, 2.24) is 0 Å². The van der Waals surface area contributed by atoms with Crippen LogP contribution in [0.1, 0.15) is 38.3 Å². The maximum absolute atomic E-state index is 9.32. The molecule has 21 heavy (non-hydrogen) atoms. The summed E-state index contributed by atoms with van der Waals surface area (Å²) in [6.07, 6.45) is 2.88. The molecule has 0 aliphatic heterocycles. The lowest BCUT2D eigenvalue weighted by molar-refractivity contribution is 0.460. The van der Waals surface area contributed by atoms with E-state index in [0.717, 1.165) is 17.7 Å². The number of phenolic OH excluding ortho intramolecular Hbond substituents is 1. The van der Waals surface area contributed by atoms with Crippen LogP contribution in [0.4, 0.5) is 0 Å². The van der Waals surface area contributed by atoms with Gasteiger partial charge in [0, 0.05) is 0 Å². The number of ether oxygens (including phenoxy) is 1. The van der Waals surface area contributed by atoms with E-state index in [9.17, 15) is 5.11 Å². The van der Waals surface area contributed by atoms with Crippen molar-refractivity contribution < 1.29 is 9.84 Å². The van der Waals surface area contributed by atoms with Crippen LogP contribution in [0.5, 0.6) is 17.2 Å². The fraction of sp³-hybridized carbons (Fsp3) is 0.263. The Morgan fingerprint density at radius 2 is 1.76 bits per heavy atom. The molecule has 110 valence electrons. The van der Waals surface area contributed by atoms with E-state index in [1.165, 1.54) is 5.56 Å². The lowest BCUT2D eigenvalue weighted by Gasteiger charge is -2.24. The number of aromatic hydroxyl groups is 1. The second-order valence-electron chi connectivity index (χ2n) is 5.83. The summed E-state index contributed by atoms with van der Waals surface area (Å²) in [5.74, 6) is 1.72. The molecular formula is C19H22O2. The summed E-state index contributed by atoms with van der Waals surface area (Å²) in [6.45, 7) is 10.5. The zero-order chi connectivity index (χ0) is 15.5. The second-order valence-corrected chi connectivity index (χ2v) is 5.83. The van der Waals surface area contributed by atoms with Crippen LogP contribution < -0.4 is 4.74 Å². The smallest absolute Gasteiger partial charge is 0.128 e. The molecule has 0 aromatic heterocycles. The number of rotatable bonds is 5. The van der Waals surface area contributed by atoms with Crippen molar-refractivity contribution in [3.63, 3.8) is 0 Å². The van der Waals surface area contributed by atoms with Crippen LogP contribution in [0.25, 0.3) is 6.08 Å². The Morgan fingerprint density at radius 1 is 1.10 bits per heavy atom. The summed E-state index contributed by atoms with van der Waals surface area (Å²) < 4.78 is 5.90. The van der Waals surface area contributed by atoms with E-state index in [1.54, 1.807) is 24.3 Å². The van der Waals surface area contributed by atoms with Crippen LogP contribution in [0.15, 0.2) is 49.0 Å². The molecule has 0 aliphatic rings. The Kier molecular flexibility index (Phi) is 4.37. The minimum absolute atomic E-state index is 0.0894. The molecule has 0 bridgehead atoms. The predicted octanol–water partition coefficient (Wildman–Crippen LogP) is 5.52. The quantitative estimate of drug-likeness (QED) is 0.783. The summed E-state index contributed by atoms with van der Waals surface area (Å²) in [7, 11) is 0. The standard InChI is InChI=1S/C19H22O2/c1-5-14-11-15(19(3,4)6-2)13-18(12-14)21-17-9-7-16(20)8-10-17/h5,7-13,20H,1,6H2,2-4H3. The summed E-state index contributed by atoms with van der Waals surface area (Å²) in [6, 6.07) is 12.9. The zero-order valence-electron chi connectivity index (χ0n) is 12.9. The van der Waals surface area contributed by atoms with Gasteiger partial charge in [-0.25, -0.2) is 0 Å². The molecule has 2 aromatic rings. The van der Waals surface area contributed by atoms with Crippen molar-refractivity contribution in [1.29, 1.82) is 0 Å².